The Morgan fingerprint density at radius 2 is 0.917 bits per heavy atom. The summed E-state index contributed by atoms with van der Waals surface area (Å²) in [6, 6.07) is 40.6. The fraction of sp³-hybridized carbons (Fsp3) is 0.286. The summed E-state index contributed by atoms with van der Waals surface area (Å²) in [5.41, 5.74) is 22.4. The number of halogens is 2. The van der Waals surface area contributed by atoms with Gasteiger partial charge in [-0.3, -0.25) is 14.6 Å². The molecule has 0 radical (unpaired) electrons. The zero-order chi connectivity index (χ0) is 41.4. The van der Waals surface area contributed by atoms with Crippen LogP contribution in [0.1, 0.15) is 22.3 Å². The normalized spacial score (nSPS) is 15.0. The van der Waals surface area contributed by atoms with E-state index in [0.717, 1.165) is 123 Å². The minimum atomic E-state index is 0.175. The minimum absolute atomic E-state index is 0.175. The topological polar surface area (TPSA) is 108 Å². The molecule has 0 saturated carbocycles. The van der Waals surface area contributed by atoms with Crippen molar-refractivity contribution in [2.75, 3.05) is 86.7 Å². The first kappa shape index (κ1) is 41.3. The maximum atomic E-state index is 13.9. The van der Waals surface area contributed by atoms with Crippen molar-refractivity contribution in [3.8, 4) is 22.5 Å². The molecule has 308 valence electrons. The number of piperazine rings is 2. The van der Waals surface area contributed by atoms with Gasteiger partial charge in [-0.2, -0.15) is 0 Å². The fourth-order valence-corrected chi connectivity index (χ4v) is 8.69. The molecule has 11 heteroatoms. The number of hydrogen-bond donors (Lipinski definition) is 2. The summed E-state index contributed by atoms with van der Waals surface area (Å²) >= 11 is 13.1. The standard InChI is InChI=1S/C49H52Cl2N8O/c50-41-17-15-39(46(33-41)58-27-23-56(24-28-58)21-19-35-7-11-37(12-8-35)44-3-1-5-48(52)54-44)31-43(60)32-40-16-18-42(51)34-47(40)59-29-25-57(26-30-59)22-20-36-9-13-38(14-10-36)45-4-2-6-49(53)55-45/h1-18,33-34H,19-32H2,(H2,52,54)(H2,53,55). The van der Waals surface area contributed by atoms with E-state index in [9.17, 15) is 4.79 Å². The Morgan fingerprint density at radius 3 is 1.30 bits per heavy atom. The first-order valence-electron chi connectivity index (χ1n) is 20.9. The van der Waals surface area contributed by atoms with Gasteiger partial charge in [0.2, 0.25) is 0 Å². The third-order valence-electron chi connectivity index (χ3n) is 11.8. The van der Waals surface area contributed by atoms with E-state index in [1.807, 2.05) is 60.7 Å². The molecule has 2 fully saturated rings. The van der Waals surface area contributed by atoms with Crippen molar-refractivity contribution in [2.45, 2.75) is 25.7 Å². The largest absolute Gasteiger partial charge is 0.384 e. The highest BCUT2D eigenvalue weighted by Crippen LogP contribution is 2.30. The van der Waals surface area contributed by atoms with Gasteiger partial charge in [-0.1, -0.05) is 96.0 Å². The molecule has 0 atom stereocenters. The summed E-state index contributed by atoms with van der Waals surface area (Å²) in [6.45, 7) is 9.28. The van der Waals surface area contributed by atoms with Gasteiger partial charge >= 0.3 is 0 Å². The molecule has 2 aromatic heterocycles. The molecule has 0 bridgehead atoms. The monoisotopic (exact) mass is 838 g/mol. The van der Waals surface area contributed by atoms with Crippen molar-refractivity contribution in [3.05, 3.63) is 154 Å². The van der Waals surface area contributed by atoms with Crippen LogP contribution < -0.4 is 21.3 Å². The maximum Gasteiger partial charge on any atom is 0.141 e. The first-order valence-corrected chi connectivity index (χ1v) is 21.6. The van der Waals surface area contributed by atoms with Crippen LogP contribution in [-0.2, 0) is 30.5 Å². The van der Waals surface area contributed by atoms with Gasteiger partial charge in [0.1, 0.15) is 17.4 Å². The van der Waals surface area contributed by atoms with E-state index in [1.165, 1.54) is 11.1 Å². The molecule has 0 aliphatic carbocycles. The average molecular weight is 840 g/mol. The number of benzene rings is 4. The van der Waals surface area contributed by atoms with Gasteiger partial charge in [-0.05, 0) is 83.6 Å². The Hall–Kier alpha value is -5.45. The number of pyridine rings is 2. The molecule has 0 spiro atoms. The number of carbonyl (C=O) groups excluding carboxylic acids is 1. The number of Topliss-reactive ketones (excluding diaryl/α,β-unsaturated/α-hetero) is 1. The predicted octanol–water partition coefficient (Wildman–Crippen LogP) is 8.37. The van der Waals surface area contributed by atoms with Crippen LogP contribution in [0.4, 0.5) is 23.0 Å². The van der Waals surface area contributed by atoms with Crippen molar-refractivity contribution in [2.24, 2.45) is 0 Å². The zero-order valence-electron chi connectivity index (χ0n) is 33.9. The fourth-order valence-electron chi connectivity index (χ4n) is 8.36. The number of nitrogens with two attached hydrogens (primary N) is 2. The van der Waals surface area contributed by atoms with E-state index in [-0.39, 0.29) is 5.78 Å². The van der Waals surface area contributed by atoms with Crippen LogP contribution >= 0.6 is 23.2 Å². The minimum Gasteiger partial charge on any atom is -0.384 e. The molecular formula is C49H52Cl2N8O. The smallest absolute Gasteiger partial charge is 0.141 e. The number of aromatic nitrogens is 2. The molecule has 2 aliphatic rings. The Balaban J connectivity index is 0.822. The molecule has 2 aliphatic heterocycles. The van der Waals surface area contributed by atoms with Gasteiger partial charge in [0, 0.05) is 111 Å². The van der Waals surface area contributed by atoms with Crippen LogP contribution in [0.2, 0.25) is 10.0 Å². The lowest BCUT2D eigenvalue weighted by Crippen LogP contribution is -2.47. The molecule has 0 amide bonds. The summed E-state index contributed by atoms with van der Waals surface area (Å²) in [5, 5.41) is 1.37. The van der Waals surface area contributed by atoms with Crippen molar-refractivity contribution in [3.63, 3.8) is 0 Å². The summed E-state index contributed by atoms with van der Waals surface area (Å²) in [6.07, 6.45) is 2.65. The lowest BCUT2D eigenvalue weighted by molar-refractivity contribution is -0.117. The van der Waals surface area contributed by atoms with Crippen LogP contribution in [0.25, 0.3) is 22.5 Å². The predicted molar refractivity (Wildman–Crippen MR) is 248 cm³/mol. The number of ketones is 1. The molecule has 9 nitrogen and oxygen atoms in total. The molecule has 4 N–H and O–H groups in total. The van der Waals surface area contributed by atoms with Crippen LogP contribution in [0.3, 0.4) is 0 Å². The molecule has 0 unspecified atom stereocenters. The second kappa shape index (κ2) is 19.3. The Kier molecular flexibility index (Phi) is 13.3. The van der Waals surface area contributed by atoms with E-state index in [4.69, 9.17) is 34.7 Å². The quantitative estimate of drug-likeness (QED) is 0.112. The van der Waals surface area contributed by atoms with Crippen LogP contribution in [0.15, 0.2) is 121 Å². The number of nitrogen functional groups attached to an aromatic ring is 2. The molecule has 4 heterocycles. The highest BCUT2D eigenvalue weighted by Gasteiger charge is 2.23. The van der Waals surface area contributed by atoms with Gasteiger partial charge in [-0.15, -0.1) is 0 Å². The maximum absolute atomic E-state index is 13.9. The highest BCUT2D eigenvalue weighted by molar-refractivity contribution is 6.31. The summed E-state index contributed by atoms with van der Waals surface area (Å²) in [5.74, 6) is 1.23. The van der Waals surface area contributed by atoms with Gasteiger partial charge < -0.3 is 21.3 Å². The first-order chi connectivity index (χ1) is 29.2. The van der Waals surface area contributed by atoms with Gasteiger partial charge in [-0.25, -0.2) is 9.97 Å². The van der Waals surface area contributed by atoms with Gasteiger partial charge in [0.15, 0.2) is 0 Å². The van der Waals surface area contributed by atoms with Gasteiger partial charge in [0.25, 0.3) is 0 Å². The van der Waals surface area contributed by atoms with Crippen LogP contribution in [0, 0.1) is 0 Å². The number of nitrogens with zero attached hydrogens (tertiary/aromatic N) is 6. The Morgan fingerprint density at radius 1 is 0.517 bits per heavy atom. The lowest BCUT2D eigenvalue weighted by atomic mass is 9.99. The van der Waals surface area contributed by atoms with E-state index >= 15 is 0 Å². The zero-order valence-corrected chi connectivity index (χ0v) is 35.5. The van der Waals surface area contributed by atoms with Crippen molar-refractivity contribution in [1.29, 1.82) is 0 Å². The van der Waals surface area contributed by atoms with Crippen molar-refractivity contribution >= 4 is 52.0 Å². The SMILES string of the molecule is Nc1cccc(-c2ccc(CCN3CCN(c4cc(Cl)ccc4CC(=O)Cc4ccc(Cl)cc4N4CCN(CCc5ccc(-c6cccc(N)n6)cc5)CC4)CC3)cc2)n1. The number of rotatable bonds is 14. The average Bonchev–Trinajstić information content (AvgIpc) is 3.27. The molecule has 6 aromatic rings. The second-order valence-electron chi connectivity index (χ2n) is 15.9. The molecule has 4 aromatic carbocycles. The number of carbonyl (C=O) groups is 1. The van der Waals surface area contributed by atoms with E-state index in [2.05, 4.69) is 78.1 Å². The molecule has 2 saturated heterocycles. The Bertz CT molecular complexity index is 2220. The van der Waals surface area contributed by atoms with Crippen molar-refractivity contribution < 1.29 is 4.79 Å². The van der Waals surface area contributed by atoms with Crippen LogP contribution in [0.5, 0.6) is 0 Å². The van der Waals surface area contributed by atoms with E-state index in [1.54, 1.807) is 12.1 Å². The Labute approximate surface area is 363 Å². The summed E-state index contributed by atoms with van der Waals surface area (Å²) < 4.78 is 0. The molecule has 8 rings (SSSR count). The number of anilines is 4. The van der Waals surface area contributed by atoms with Gasteiger partial charge in [0.05, 0.1) is 11.4 Å². The third-order valence-corrected chi connectivity index (χ3v) is 12.2. The van der Waals surface area contributed by atoms with Crippen molar-refractivity contribution in [1.82, 2.24) is 19.8 Å². The highest BCUT2D eigenvalue weighted by atomic mass is 35.5. The molecule has 60 heavy (non-hydrogen) atoms. The summed E-state index contributed by atoms with van der Waals surface area (Å²) in [4.78, 5) is 32.6. The van der Waals surface area contributed by atoms with Crippen LogP contribution in [-0.4, -0.2) is 91.0 Å². The number of hydrogen-bond acceptors (Lipinski definition) is 9. The summed E-state index contributed by atoms with van der Waals surface area (Å²) in [7, 11) is 0. The molecular weight excluding hydrogens is 787 g/mol. The second-order valence-corrected chi connectivity index (χ2v) is 16.8. The van der Waals surface area contributed by atoms with E-state index < -0.39 is 0 Å². The third kappa shape index (κ3) is 10.6. The lowest BCUT2D eigenvalue weighted by Gasteiger charge is -2.37. The van der Waals surface area contributed by atoms with E-state index in [0.29, 0.717) is 34.5 Å².